The zero-order valence-corrected chi connectivity index (χ0v) is 13.1. The molecule has 1 aromatic heterocycles. The summed E-state index contributed by atoms with van der Waals surface area (Å²) in [5.74, 6) is 0.0824. The third kappa shape index (κ3) is 3.94. The van der Waals surface area contributed by atoms with E-state index in [2.05, 4.69) is 15.0 Å². The molecule has 0 spiro atoms. The average molecular weight is 317 g/mol. The van der Waals surface area contributed by atoms with Crippen molar-refractivity contribution < 1.29 is 9.13 Å². The van der Waals surface area contributed by atoms with Crippen molar-refractivity contribution in [2.45, 2.75) is 13.5 Å². The molecule has 0 atom stereocenters. The Bertz CT molecular complexity index is 706. The van der Waals surface area contributed by atoms with Crippen LogP contribution in [-0.2, 0) is 11.3 Å². The van der Waals surface area contributed by atoms with E-state index in [1.54, 1.807) is 24.5 Å². The third-order valence-corrected chi connectivity index (χ3v) is 3.76. The number of rotatable bonds is 4. The highest BCUT2D eigenvalue weighted by molar-refractivity contribution is 5.81. The molecule has 6 nitrogen and oxygen atoms in total. The fourth-order valence-electron chi connectivity index (χ4n) is 2.56. The smallest absolute Gasteiger partial charge is 0.221 e. The Morgan fingerprint density at radius 1 is 1.39 bits per heavy atom. The summed E-state index contributed by atoms with van der Waals surface area (Å²) < 4.78 is 20.5. The number of aromatic nitrogens is 2. The van der Waals surface area contributed by atoms with E-state index in [-0.39, 0.29) is 5.82 Å². The number of benzene rings is 1. The van der Waals surface area contributed by atoms with Crippen molar-refractivity contribution in [2.75, 3.05) is 32.0 Å². The van der Waals surface area contributed by atoms with Crippen molar-refractivity contribution in [2.24, 2.45) is 5.10 Å². The van der Waals surface area contributed by atoms with Crippen molar-refractivity contribution in [3.05, 3.63) is 47.0 Å². The predicted octanol–water partition coefficient (Wildman–Crippen LogP) is 1.63. The maximum Gasteiger partial charge on any atom is 0.221 e. The summed E-state index contributed by atoms with van der Waals surface area (Å²) in [6.07, 6.45) is 3.43. The van der Waals surface area contributed by atoms with Crippen molar-refractivity contribution in [1.29, 1.82) is 0 Å². The molecule has 2 aromatic rings. The van der Waals surface area contributed by atoms with Gasteiger partial charge in [-0.2, -0.15) is 5.10 Å². The molecule has 0 amide bonds. The van der Waals surface area contributed by atoms with E-state index >= 15 is 0 Å². The Morgan fingerprint density at radius 3 is 2.87 bits per heavy atom. The summed E-state index contributed by atoms with van der Waals surface area (Å²) in [5.41, 5.74) is 8.33. The van der Waals surface area contributed by atoms with Gasteiger partial charge in [-0.25, -0.2) is 14.1 Å². The van der Waals surface area contributed by atoms with Gasteiger partial charge < -0.3 is 10.5 Å². The van der Waals surface area contributed by atoms with Crippen LogP contribution in [0.4, 0.5) is 10.3 Å². The maximum absolute atomic E-state index is 13.6. The van der Waals surface area contributed by atoms with Crippen LogP contribution in [0.25, 0.3) is 0 Å². The molecule has 0 bridgehead atoms. The fraction of sp³-hybridized carbons (Fsp3) is 0.375. The molecule has 1 aromatic carbocycles. The second kappa shape index (κ2) is 6.89. The van der Waals surface area contributed by atoms with Gasteiger partial charge >= 0.3 is 0 Å². The zero-order chi connectivity index (χ0) is 16.2. The molecular formula is C16H20FN5O. The Kier molecular flexibility index (Phi) is 4.68. The first-order chi connectivity index (χ1) is 11.1. The highest BCUT2D eigenvalue weighted by Gasteiger charge is 2.13. The molecular weight excluding hydrogens is 297 g/mol. The fourth-order valence-corrected chi connectivity index (χ4v) is 2.56. The van der Waals surface area contributed by atoms with Gasteiger partial charge in [0.05, 0.1) is 31.3 Å². The van der Waals surface area contributed by atoms with Crippen LogP contribution in [0, 0.1) is 12.7 Å². The molecule has 7 heteroatoms. The topological polar surface area (TPSA) is 68.7 Å². The molecule has 0 aliphatic carbocycles. The van der Waals surface area contributed by atoms with Gasteiger partial charge in [-0.05, 0) is 30.2 Å². The van der Waals surface area contributed by atoms with E-state index < -0.39 is 0 Å². The number of nitrogens with two attached hydrogens (primary N) is 1. The van der Waals surface area contributed by atoms with E-state index in [4.69, 9.17) is 10.5 Å². The van der Waals surface area contributed by atoms with Crippen molar-refractivity contribution in [3.63, 3.8) is 0 Å². The number of hydrogen-bond donors (Lipinski definition) is 1. The van der Waals surface area contributed by atoms with Crippen LogP contribution in [0.15, 0.2) is 29.5 Å². The van der Waals surface area contributed by atoms with E-state index in [9.17, 15) is 4.39 Å². The summed E-state index contributed by atoms with van der Waals surface area (Å²) in [7, 11) is 0. The molecule has 122 valence electrons. The number of hydrogen-bond acceptors (Lipinski definition) is 5. The first-order valence-corrected chi connectivity index (χ1v) is 7.56. The molecule has 0 radical (unpaired) electrons. The number of nitrogens with zero attached hydrogens (tertiary/aromatic N) is 4. The van der Waals surface area contributed by atoms with Crippen molar-refractivity contribution in [3.8, 4) is 0 Å². The van der Waals surface area contributed by atoms with Crippen LogP contribution in [0.1, 0.15) is 16.8 Å². The molecule has 0 unspecified atom stereocenters. The number of ether oxygens (including phenoxy) is 1. The van der Waals surface area contributed by atoms with E-state index in [1.807, 2.05) is 6.92 Å². The number of morpholine rings is 1. The number of nitrogen functional groups attached to an aromatic ring is 1. The lowest BCUT2D eigenvalue weighted by Crippen LogP contribution is -2.35. The standard InChI is InChI=1S/C16H20FN5O/c1-12-10-22(16(18)20-12)19-9-13-2-3-15(17)8-14(13)11-21-4-6-23-7-5-21/h2-3,8-10H,4-7,11H2,1H3,(H2,18,20). The minimum absolute atomic E-state index is 0.247. The summed E-state index contributed by atoms with van der Waals surface area (Å²) in [5, 5.41) is 4.32. The zero-order valence-electron chi connectivity index (χ0n) is 13.1. The highest BCUT2D eigenvalue weighted by atomic mass is 19.1. The predicted molar refractivity (Wildman–Crippen MR) is 86.9 cm³/mol. The lowest BCUT2D eigenvalue weighted by Gasteiger charge is -2.27. The molecule has 1 fully saturated rings. The SMILES string of the molecule is Cc1cn(N=Cc2ccc(F)cc2CN2CCOCC2)c(N)n1. The highest BCUT2D eigenvalue weighted by Crippen LogP contribution is 2.14. The van der Waals surface area contributed by atoms with Gasteiger partial charge in [0.15, 0.2) is 0 Å². The Balaban J connectivity index is 1.82. The average Bonchev–Trinajstić information content (AvgIpc) is 2.85. The largest absolute Gasteiger partial charge is 0.379 e. The lowest BCUT2D eigenvalue weighted by molar-refractivity contribution is 0.0341. The molecule has 23 heavy (non-hydrogen) atoms. The summed E-state index contributed by atoms with van der Waals surface area (Å²) in [6, 6.07) is 4.72. The van der Waals surface area contributed by atoms with Gasteiger partial charge in [0.25, 0.3) is 0 Å². The number of imidazole rings is 1. The van der Waals surface area contributed by atoms with Crippen LogP contribution >= 0.6 is 0 Å². The number of halogens is 1. The van der Waals surface area contributed by atoms with Gasteiger partial charge in [0, 0.05) is 19.6 Å². The molecule has 1 saturated heterocycles. The van der Waals surface area contributed by atoms with Crippen molar-refractivity contribution in [1.82, 2.24) is 14.6 Å². The van der Waals surface area contributed by atoms with Gasteiger partial charge in [0.2, 0.25) is 5.95 Å². The first-order valence-electron chi connectivity index (χ1n) is 7.56. The van der Waals surface area contributed by atoms with Crippen LogP contribution in [0.3, 0.4) is 0 Å². The van der Waals surface area contributed by atoms with E-state index in [1.165, 1.54) is 10.7 Å². The molecule has 1 aliphatic heterocycles. The maximum atomic E-state index is 13.6. The normalized spacial score (nSPS) is 16.3. The number of anilines is 1. The first kappa shape index (κ1) is 15.6. The molecule has 1 aliphatic rings. The quantitative estimate of drug-likeness (QED) is 0.870. The van der Waals surface area contributed by atoms with Gasteiger partial charge in [-0.15, -0.1) is 0 Å². The summed E-state index contributed by atoms with van der Waals surface area (Å²) in [4.78, 5) is 6.34. The van der Waals surface area contributed by atoms with Crippen LogP contribution in [-0.4, -0.2) is 47.1 Å². The lowest BCUT2D eigenvalue weighted by atomic mass is 10.1. The van der Waals surface area contributed by atoms with Gasteiger partial charge in [0.1, 0.15) is 5.82 Å². The molecule has 3 rings (SSSR count). The van der Waals surface area contributed by atoms with Crippen LogP contribution < -0.4 is 5.73 Å². The van der Waals surface area contributed by atoms with Crippen LogP contribution in [0.5, 0.6) is 0 Å². The Hall–Kier alpha value is -2.25. The molecule has 0 saturated carbocycles. The Labute approximate surface area is 134 Å². The Morgan fingerprint density at radius 2 is 2.17 bits per heavy atom. The summed E-state index contributed by atoms with van der Waals surface area (Å²) >= 11 is 0. The van der Waals surface area contributed by atoms with E-state index in [0.29, 0.717) is 25.7 Å². The number of aryl methyl sites for hydroxylation is 1. The minimum Gasteiger partial charge on any atom is -0.379 e. The van der Waals surface area contributed by atoms with Gasteiger partial charge in [-0.3, -0.25) is 4.90 Å². The minimum atomic E-state index is -0.247. The van der Waals surface area contributed by atoms with Crippen LogP contribution in [0.2, 0.25) is 0 Å². The molecule has 2 heterocycles. The van der Waals surface area contributed by atoms with Crippen molar-refractivity contribution >= 4 is 12.2 Å². The second-order valence-electron chi connectivity index (χ2n) is 5.56. The van der Waals surface area contributed by atoms with E-state index in [0.717, 1.165) is 29.9 Å². The summed E-state index contributed by atoms with van der Waals surface area (Å²) in [6.45, 7) is 5.64. The second-order valence-corrected chi connectivity index (χ2v) is 5.56. The molecule has 2 N–H and O–H groups in total. The third-order valence-electron chi connectivity index (χ3n) is 3.76. The van der Waals surface area contributed by atoms with Gasteiger partial charge in [-0.1, -0.05) is 6.07 Å². The monoisotopic (exact) mass is 317 g/mol.